The predicted octanol–water partition coefficient (Wildman–Crippen LogP) is 5.83. The predicted molar refractivity (Wildman–Crippen MR) is 131 cm³/mol. The van der Waals surface area contributed by atoms with E-state index >= 15 is 0 Å². The van der Waals surface area contributed by atoms with Gasteiger partial charge in [0.15, 0.2) is 32.5 Å². The van der Waals surface area contributed by atoms with Gasteiger partial charge in [0.1, 0.15) is 11.5 Å². The first-order valence-corrected chi connectivity index (χ1v) is 12.3. The molecule has 1 saturated carbocycles. The van der Waals surface area contributed by atoms with E-state index in [0.29, 0.717) is 11.9 Å². The van der Waals surface area contributed by atoms with Gasteiger partial charge >= 0.3 is 5.97 Å². The lowest BCUT2D eigenvalue weighted by atomic mass is 10.2. The Morgan fingerprint density at radius 2 is 1.76 bits per heavy atom. The molecule has 4 nitrogen and oxygen atoms in total. The maximum Gasteiger partial charge on any atom is 0.341 e. The van der Waals surface area contributed by atoms with Crippen LogP contribution in [-0.4, -0.2) is 23.8 Å². The van der Waals surface area contributed by atoms with Gasteiger partial charge in [-0.3, -0.25) is 0 Å². The second-order valence-corrected chi connectivity index (χ2v) is 9.77. The number of benzene rings is 3. The SMILES string of the molecule is Cc1cc([S+](C#Cc2ccccc2)c2cccc(OC3CCCC3)c2)ccc1OCC(=O)O. The van der Waals surface area contributed by atoms with Crippen molar-refractivity contribution in [2.45, 2.75) is 48.5 Å². The summed E-state index contributed by atoms with van der Waals surface area (Å²) in [6.45, 7) is 1.56. The van der Waals surface area contributed by atoms with Gasteiger partial charge in [0.25, 0.3) is 0 Å². The van der Waals surface area contributed by atoms with Crippen LogP contribution in [0, 0.1) is 18.1 Å². The third-order valence-electron chi connectivity index (χ3n) is 5.45. The lowest BCUT2D eigenvalue weighted by Crippen LogP contribution is -2.11. The van der Waals surface area contributed by atoms with Crippen molar-refractivity contribution in [3.63, 3.8) is 0 Å². The van der Waals surface area contributed by atoms with Crippen LogP contribution in [0.3, 0.4) is 0 Å². The molecule has 1 fully saturated rings. The molecule has 0 aromatic heterocycles. The summed E-state index contributed by atoms with van der Waals surface area (Å²) in [6, 6.07) is 24.0. The van der Waals surface area contributed by atoms with Gasteiger partial charge in [0.05, 0.1) is 6.10 Å². The van der Waals surface area contributed by atoms with Crippen LogP contribution in [-0.2, 0) is 15.7 Å². The molecule has 1 atom stereocenters. The molecule has 168 valence electrons. The minimum atomic E-state index is -0.994. The van der Waals surface area contributed by atoms with Gasteiger partial charge in [-0.05, 0) is 80.5 Å². The number of carboxylic acid groups (broad SMARTS) is 1. The minimum Gasteiger partial charge on any atom is -0.490 e. The van der Waals surface area contributed by atoms with Crippen LogP contribution >= 0.6 is 0 Å². The molecule has 0 spiro atoms. The van der Waals surface area contributed by atoms with Crippen molar-refractivity contribution in [2.75, 3.05) is 6.61 Å². The third kappa shape index (κ3) is 6.34. The van der Waals surface area contributed by atoms with Crippen LogP contribution in [0.5, 0.6) is 11.5 Å². The van der Waals surface area contributed by atoms with Gasteiger partial charge in [-0.1, -0.05) is 24.3 Å². The molecule has 0 bridgehead atoms. The van der Waals surface area contributed by atoms with Gasteiger partial charge in [-0.2, -0.15) is 0 Å². The maximum atomic E-state index is 10.9. The van der Waals surface area contributed by atoms with E-state index in [1.807, 2.05) is 67.6 Å². The number of ether oxygens (including phenoxy) is 2. The van der Waals surface area contributed by atoms with E-state index in [9.17, 15) is 4.79 Å². The fourth-order valence-corrected chi connectivity index (χ4v) is 5.48. The molecule has 0 amide bonds. The summed E-state index contributed by atoms with van der Waals surface area (Å²) in [5.41, 5.74) is 1.85. The number of hydrogen-bond acceptors (Lipinski definition) is 3. The number of rotatable bonds is 7. The average molecular weight is 460 g/mol. The van der Waals surface area contributed by atoms with E-state index in [0.717, 1.165) is 39.5 Å². The first-order valence-electron chi connectivity index (χ1n) is 11.1. The smallest absolute Gasteiger partial charge is 0.341 e. The number of hydrogen-bond donors (Lipinski definition) is 1. The number of carboxylic acids is 1. The molecule has 5 heteroatoms. The van der Waals surface area contributed by atoms with Crippen LogP contribution in [0.15, 0.2) is 82.6 Å². The van der Waals surface area contributed by atoms with Gasteiger partial charge in [0.2, 0.25) is 0 Å². The number of aryl methyl sites for hydroxylation is 1. The molecular formula is C28H27O4S+. The molecule has 4 rings (SSSR count). The molecule has 1 N–H and O–H groups in total. The lowest BCUT2D eigenvalue weighted by molar-refractivity contribution is -0.139. The Kier molecular flexibility index (Phi) is 7.59. The molecule has 3 aromatic rings. The monoisotopic (exact) mass is 459 g/mol. The third-order valence-corrected chi connectivity index (χ3v) is 7.21. The largest absolute Gasteiger partial charge is 0.490 e. The average Bonchev–Trinajstić information content (AvgIpc) is 3.32. The second-order valence-electron chi connectivity index (χ2n) is 8.01. The molecule has 0 saturated heterocycles. The topological polar surface area (TPSA) is 55.8 Å². The summed E-state index contributed by atoms with van der Waals surface area (Å²) in [7, 11) is -0.509. The van der Waals surface area contributed by atoms with E-state index in [1.54, 1.807) is 0 Å². The Morgan fingerprint density at radius 3 is 2.48 bits per heavy atom. The second kappa shape index (κ2) is 11.0. The lowest BCUT2D eigenvalue weighted by Gasteiger charge is -2.13. The normalized spacial score (nSPS) is 14.2. The molecule has 3 aromatic carbocycles. The zero-order valence-electron chi connectivity index (χ0n) is 18.6. The van der Waals surface area contributed by atoms with Crippen molar-refractivity contribution in [1.29, 1.82) is 0 Å². The van der Waals surface area contributed by atoms with Crippen molar-refractivity contribution < 1.29 is 19.4 Å². The van der Waals surface area contributed by atoms with Gasteiger partial charge in [-0.15, -0.1) is 0 Å². The van der Waals surface area contributed by atoms with Crippen molar-refractivity contribution >= 4 is 16.9 Å². The fraction of sp³-hybridized carbons (Fsp3) is 0.250. The Bertz CT molecular complexity index is 1160. The Balaban J connectivity index is 1.66. The first kappa shape index (κ1) is 22.8. The highest BCUT2D eigenvalue weighted by atomic mass is 32.2. The standard InChI is InChI=1S/C28H26O4S/c1-21-18-26(14-15-27(21)31-20-28(29)30)33(17-16-22-8-3-2-4-9-22)25-13-7-12-24(19-25)32-23-10-5-6-11-23/h2-4,7-9,12-15,18-19,23H,5-6,10-11,20H2,1H3/p+1. The van der Waals surface area contributed by atoms with Crippen LogP contribution in [0.1, 0.15) is 36.8 Å². The fourth-order valence-electron chi connectivity index (χ4n) is 3.81. The van der Waals surface area contributed by atoms with Crippen molar-refractivity contribution in [1.82, 2.24) is 0 Å². The van der Waals surface area contributed by atoms with Gasteiger partial charge < -0.3 is 14.6 Å². The van der Waals surface area contributed by atoms with Crippen LogP contribution in [0.2, 0.25) is 0 Å². The molecule has 1 unspecified atom stereocenters. The number of carbonyl (C=O) groups is 1. The molecular weight excluding hydrogens is 432 g/mol. The first-order chi connectivity index (χ1) is 16.1. The minimum absolute atomic E-state index is 0.297. The van der Waals surface area contributed by atoms with Crippen molar-refractivity contribution in [2.24, 2.45) is 0 Å². The zero-order chi connectivity index (χ0) is 23.0. The summed E-state index contributed by atoms with van der Waals surface area (Å²) in [5.74, 6) is 3.78. The highest BCUT2D eigenvalue weighted by Crippen LogP contribution is 2.31. The van der Waals surface area contributed by atoms with Crippen LogP contribution < -0.4 is 9.47 Å². The van der Waals surface area contributed by atoms with E-state index in [4.69, 9.17) is 14.6 Å². The summed E-state index contributed by atoms with van der Waals surface area (Å²) in [5, 5.41) is 12.4. The Labute approximate surface area is 197 Å². The maximum absolute atomic E-state index is 10.9. The zero-order valence-corrected chi connectivity index (χ0v) is 19.4. The van der Waals surface area contributed by atoms with Crippen LogP contribution in [0.25, 0.3) is 0 Å². The van der Waals surface area contributed by atoms with Crippen LogP contribution in [0.4, 0.5) is 0 Å². The van der Waals surface area contributed by atoms with E-state index < -0.39 is 16.9 Å². The van der Waals surface area contributed by atoms with E-state index in [1.165, 1.54) is 12.8 Å². The molecule has 33 heavy (non-hydrogen) atoms. The number of aliphatic carboxylic acids is 1. The molecule has 0 radical (unpaired) electrons. The summed E-state index contributed by atoms with van der Waals surface area (Å²) >= 11 is 0. The van der Waals surface area contributed by atoms with E-state index in [-0.39, 0.29) is 6.61 Å². The summed E-state index contributed by atoms with van der Waals surface area (Å²) in [6.07, 6.45) is 4.98. The molecule has 1 aliphatic carbocycles. The highest BCUT2D eigenvalue weighted by molar-refractivity contribution is 8.01. The Morgan fingerprint density at radius 1 is 1.00 bits per heavy atom. The Hall–Kier alpha value is -3.36. The highest BCUT2D eigenvalue weighted by Gasteiger charge is 2.26. The molecule has 0 aliphatic heterocycles. The van der Waals surface area contributed by atoms with Gasteiger partial charge in [-0.25, -0.2) is 4.79 Å². The molecule has 0 heterocycles. The van der Waals surface area contributed by atoms with Crippen molar-refractivity contribution in [3.05, 3.63) is 83.9 Å². The van der Waals surface area contributed by atoms with E-state index in [2.05, 4.69) is 23.3 Å². The molecule has 1 aliphatic rings. The quantitative estimate of drug-likeness (QED) is 0.357. The van der Waals surface area contributed by atoms with Crippen molar-refractivity contribution in [3.8, 4) is 22.7 Å². The van der Waals surface area contributed by atoms with Gasteiger partial charge in [0, 0.05) is 17.7 Å². The summed E-state index contributed by atoms with van der Waals surface area (Å²) < 4.78 is 11.7. The summed E-state index contributed by atoms with van der Waals surface area (Å²) in [4.78, 5) is 13.0.